The Hall–Kier alpha value is -2.50. The van der Waals surface area contributed by atoms with Crippen molar-refractivity contribution in [1.29, 1.82) is 0 Å². The number of hydrogen-bond acceptors (Lipinski definition) is 3. The zero-order valence-electron chi connectivity index (χ0n) is 14.8. The first-order valence-electron chi connectivity index (χ1n) is 8.98. The molecule has 1 heterocycles. The molecule has 1 aliphatic rings. The third-order valence-electron chi connectivity index (χ3n) is 4.96. The molecule has 1 N–H and O–H groups in total. The topological polar surface area (TPSA) is 46.2 Å². The molecule has 5 heteroatoms. The van der Waals surface area contributed by atoms with Crippen molar-refractivity contribution in [3.8, 4) is 11.1 Å². The summed E-state index contributed by atoms with van der Waals surface area (Å²) < 4.78 is 39.6. The Kier molecular flexibility index (Phi) is 4.81. The van der Waals surface area contributed by atoms with Gasteiger partial charge in [0.1, 0.15) is 5.82 Å². The van der Waals surface area contributed by atoms with Crippen LogP contribution in [0.4, 0.5) is 4.39 Å². The average Bonchev–Trinajstić information content (AvgIpc) is 2.94. The molecule has 0 radical (unpaired) electrons. The third-order valence-corrected chi connectivity index (χ3v) is 6.71. The summed E-state index contributed by atoms with van der Waals surface area (Å²) >= 11 is 0. The van der Waals surface area contributed by atoms with Gasteiger partial charge in [-0.2, -0.15) is 0 Å². The van der Waals surface area contributed by atoms with Gasteiger partial charge >= 0.3 is 0 Å². The molecule has 0 amide bonds. The number of benzene rings is 3. The molecule has 3 nitrogen and oxygen atoms in total. The first kappa shape index (κ1) is 17.9. The molecule has 3 aromatic carbocycles. The van der Waals surface area contributed by atoms with E-state index >= 15 is 0 Å². The quantitative estimate of drug-likeness (QED) is 0.697. The summed E-state index contributed by atoms with van der Waals surface area (Å²) in [5.74, 6) is -0.452. The fraction of sp³-hybridized carbons (Fsp3) is 0.182. The molecule has 0 fully saturated rings. The average molecular weight is 381 g/mol. The maximum Gasteiger partial charge on any atom is 0.206 e. The van der Waals surface area contributed by atoms with Gasteiger partial charge in [0.05, 0.1) is 9.79 Å². The number of rotatable bonds is 3. The van der Waals surface area contributed by atoms with Crippen LogP contribution in [0, 0.1) is 5.82 Å². The Bertz CT molecular complexity index is 1060. The first-order valence-corrected chi connectivity index (χ1v) is 10.5. The van der Waals surface area contributed by atoms with Gasteiger partial charge in [-0.05, 0) is 84.6 Å². The summed E-state index contributed by atoms with van der Waals surface area (Å²) in [4.78, 5) is 0.364. The largest absolute Gasteiger partial charge is 0.316 e. The summed E-state index contributed by atoms with van der Waals surface area (Å²) in [5.41, 5.74) is 4.22. The van der Waals surface area contributed by atoms with Crippen LogP contribution in [0.15, 0.2) is 76.5 Å². The summed E-state index contributed by atoms with van der Waals surface area (Å²) in [6.45, 7) is 1.69. The van der Waals surface area contributed by atoms with E-state index in [1.54, 1.807) is 12.1 Å². The summed E-state index contributed by atoms with van der Waals surface area (Å²) in [5, 5.41) is 3.38. The highest BCUT2D eigenvalue weighted by Crippen LogP contribution is 2.33. The molecule has 0 saturated carbocycles. The number of nitrogens with one attached hydrogen (secondary N) is 1. The molecule has 4 rings (SSSR count). The van der Waals surface area contributed by atoms with E-state index < -0.39 is 15.7 Å². The second kappa shape index (κ2) is 7.25. The number of halogens is 1. The van der Waals surface area contributed by atoms with Gasteiger partial charge in [-0.1, -0.05) is 30.3 Å². The van der Waals surface area contributed by atoms with Gasteiger partial charge in [-0.25, -0.2) is 12.8 Å². The molecule has 0 aromatic heterocycles. The van der Waals surface area contributed by atoms with E-state index in [1.807, 2.05) is 30.3 Å². The number of fused-ring (bicyclic) bond motifs is 1. The number of sulfone groups is 1. The van der Waals surface area contributed by atoms with Crippen LogP contribution >= 0.6 is 0 Å². The third kappa shape index (κ3) is 3.53. The summed E-state index contributed by atoms with van der Waals surface area (Å²) in [7, 11) is -3.72. The van der Waals surface area contributed by atoms with Crippen molar-refractivity contribution in [1.82, 2.24) is 5.32 Å². The lowest BCUT2D eigenvalue weighted by atomic mass is 9.93. The zero-order valence-corrected chi connectivity index (χ0v) is 15.6. The Morgan fingerprint density at radius 3 is 2.26 bits per heavy atom. The Balaban J connectivity index is 1.92. The Labute approximate surface area is 158 Å². The SMILES string of the molecule is O=S(=O)(c1ccc(F)cc1)c1cc2c(c(-c3ccccc3)c1)CCNCC2. The van der Waals surface area contributed by atoms with Crippen LogP contribution in [0.1, 0.15) is 11.1 Å². The zero-order chi connectivity index (χ0) is 18.9. The first-order chi connectivity index (χ1) is 13.1. The predicted octanol–water partition coefficient (Wildman–Crippen LogP) is 4.01. The van der Waals surface area contributed by atoms with E-state index in [0.29, 0.717) is 0 Å². The monoisotopic (exact) mass is 381 g/mol. The minimum atomic E-state index is -3.72. The molecular formula is C22H20FNO2S. The van der Waals surface area contributed by atoms with Gasteiger partial charge in [0.15, 0.2) is 0 Å². The summed E-state index contributed by atoms with van der Waals surface area (Å²) in [6.07, 6.45) is 1.64. The molecule has 0 unspecified atom stereocenters. The molecule has 27 heavy (non-hydrogen) atoms. The molecule has 138 valence electrons. The van der Waals surface area contributed by atoms with E-state index in [9.17, 15) is 12.8 Å². The predicted molar refractivity (Wildman–Crippen MR) is 104 cm³/mol. The molecule has 0 spiro atoms. The fourth-order valence-electron chi connectivity index (χ4n) is 3.56. The van der Waals surface area contributed by atoms with Crippen LogP contribution in [0.2, 0.25) is 0 Å². The smallest absolute Gasteiger partial charge is 0.206 e. The second-order valence-electron chi connectivity index (χ2n) is 6.68. The van der Waals surface area contributed by atoms with Crippen LogP contribution in [-0.4, -0.2) is 21.5 Å². The van der Waals surface area contributed by atoms with Crippen LogP contribution in [0.3, 0.4) is 0 Å². The minimum Gasteiger partial charge on any atom is -0.316 e. The molecule has 1 aliphatic heterocycles. The molecule has 0 saturated heterocycles. The van der Waals surface area contributed by atoms with Crippen molar-refractivity contribution >= 4 is 9.84 Å². The molecule has 0 bridgehead atoms. The normalized spacial score (nSPS) is 14.4. The maximum absolute atomic E-state index is 13.2. The van der Waals surface area contributed by atoms with E-state index in [2.05, 4.69) is 5.32 Å². The van der Waals surface area contributed by atoms with Crippen molar-refractivity contribution in [2.45, 2.75) is 22.6 Å². The molecule has 3 aromatic rings. The van der Waals surface area contributed by atoms with Crippen LogP contribution in [-0.2, 0) is 22.7 Å². The highest BCUT2D eigenvalue weighted by atomic mass is 32.2. The lowest BCUT2D eigenvalue weighted by Gasteiger charge is -2.16. The summed E-state index contributed by atoms with van der Waals surface area (Å²) in [6, 6.07) is 18.4. The molecular weight excluding hydrogens is 361 g/mol. The van der Waals surface area contributed by atoms with Crippen molar-refractivity contribution in [3.05, 3.63) is 83.7 Å². The van der Waals surface area contributed by atoms with E-state index in [1.165, 1.54) is 29.8 Å². The van der Waals surface area contributed by atoms with Gasteiger partial charge < -0.3 is 5.32 Å². The van der Waals surface area contributed by atoms with Gasteiger partial charge in [-0.15, -0.1) is 0 Å². The van der Waals surface area contributed by atoms with Crippen LogP contribution < -0.4 is 5.32 Å². The van der Waals surface area contributed by atoms with Crippen molar-refractivity contribution in [3.63, 3.8) is 0 Å². The van der Waals surface area contributed by atoms with Crippen molar-refractivity contribution < 1.29 is 12.8 Å². The minimum absolute atomic E-state index is 0.106. The molecule has 0 atom stereocenters. The Morgan fingerprint density at radius 1 is 0.815 bits per heavy atom. The lowest BCUT2D eigenvalue weighted by molar-refractivity contribution is 0.594. The molecule has 0 aliphatic carbocycles. The fourth-order valence-corrected chi connectivity index (χ4v) is 4.90. The van der Waals surface area contributed by atoms with Crippen LogP contribution in [0.25, 0.3) is 11.1 Å². The van der Waals surface area contributed by atoms with Crippen molar-refractivity contribution in [2.24, 2.45) is 0 Å². The van der Waals surface area contributed by atoms with Gasteiger partial charge in [0.2, 0.25) is 9.84 Å². The Morgan fingerprint density at radius 2 is 1.52 bits per heavy atom. The van der Waals surface area contributed by atoms with E-state index in [4.69, 9.17) is 0 Å². The standard InChI is InChI=1S/C22H20FNO2S/c23-18-6-8-19(9-7-18)27(25,26)20-14-17-10-12-24-13-11-21(17)22(15-20)16-4-2-1-3-5-16/h1-9,14-15,24H,10-13H2. The highest BCUT2D eigenvalue weighted by Gasteiger charge is 2.23. The maximum atomic E-state index is 13.2. The number of hydrogen-bond donors (Lipinski definition) is 1. The highest BCUT2D eigenvalue weighted by molar-refractivity contribution is 7.91. The lowest BCUT2D eigenvalue weighted by Crippen LogP contribution is -2.16. The van der Waals surface area contributed by atoms with E-state index in [-0.39, 0.29) is 9.79 Å². The van der Waals surface area contributed by atoms with Gasteiger partial charge in [-0.3, -0.25) is 0 Å². The van der Waals surface area contributed by atoms with E-state index in [0.717, 1.165) is 42.6 Å². The van der Waals surface area contributed by atoms with Gasteiger partial charge in [0, 0.05) is 0 Å². The van der Waals surface area contributed by atoms with Crippen LogP contribution in [0.5, 0.6) is 0 Å². The van der Waals surface area contributed by atoms with Gasteiger partial charge in [0.25, 0.3) is 0 Å². The van der Waals surface area contributed by atoms with Crippen molar-refractivity contribution in [2.75, 3.05) is 13.1 Å². The second-order valence-corrected chi connectivity index (χ2v) is 8.63.